The van der Waals surface area contributed by atoms with Crippen LogP contribution in [0.1, 0.15) is 29.5 Å². The molecule has 0 aliphatic carbocycles. The molecule has 0 unspecified atom stereocenters. The molecule has 0 bridgehead atoms. The molecule has 27 heavy (non-hydrogen) atoms. The van der Waals surface area contributed by atoms with Crippen molar-refractivity contribution in [2.24, 2.45) is 0 Å². The Balaban J connectivity index is 1.84. The molecule has 1 aromatic heterocycles. The number of aromatic nitrogens is 2. The summed E-state index contributed by atoms with van der Waals surface area (Å²) in [5.41, 5.74) is 3.43. The van der Waals surface area contributed by atoms with E-state index >= 15 is 0 Å². The molecule has 0 aliphatic heterocycles. The SMILES string of the molecule is CCOc1ccc(-c2noc(CS(=O)(=O)c3cc(C)c(C)cc3C)n2)cc1. The summed E-state index contributed by atoms with van der Waals surface area (Å²) in [6.07, 6.45) is 0. The molecule has 0 saturated heterocycles. The first-order chi connectivity index (χ1) is 12.8. The normalized spacial score (nSPS) is 11.6. The van der Waals surface area contributed by atoms with E-state index in [4.69, 9.17) is 9.26 Å². The molecule has 0 N–H and O–H groups in total. The van der Waals surface area contributed by atoms with Crippen molar-refractivity contribution in [3.63, 3.8) is 0 Å². The quantitative estimate of drug-likeness (QED) is 0.636. The van der Waals surface area contributed by atoms with Crippen LogP contribution in [-0.4, -0.2) is 25.2 Å². The van der Waals surface area contributed by atoms with E-state index < -0.39 is 9.84 Å². The molecule has 7 heteroatoms. The number of rotatable bonds is 6. The fourth-order valence-electron chi connectivity index (χ4n) is 2.81. The molecular weight excluding hydrogens is 364 g/mol. The van der Waals surface area contributed by atoms with Gasteiger partial charge in [0.25, 0.3) is 0 Å². The second-order valence-corrected chi connectivity index (χ2v) is 8.39. The van der Waals surface area contributed by atoms with Crippen molar-refractivity contribution in [1.82, 2.24) is 10.1 Å². The number of benzene rings is 2. The van der Waals surface area contributed by atoms with E-state index in [1.807, 2.05) is 51.1 Å². The molecule has 0 radical (unpaired) electrons. The van der Waals surface area contributed by atoms with Gasteiger partial charge in [-0.3, -0.25) is 0 Å². The van der Waals surface area contributed by atoms with Crippen LogP contribution in [-0.2, 0) is 15.6 Å². The van der Waals surface area contributed by atoms with Gasteiger partial charge in [-0.25, -0.2) is 8.42 Å². The number of nitrogens with zero attached hydrogens (tertiary/aromatic N) is 2. The first-order valence-electron chi connectivity index (χ1n) is 8.66. The third-order valence-electron chi connectivity index (χ3n) is 4.33. The average Bonchev–Trinajstić information content (AvgIpc) is 3.06. The Morgan fingerprint density at radius 3 is 2.33 bits per heavy atom. The average molecular weight is 386 g/mol. The summed E-state index contributed by atoms with van der Waals surface area (Å²) in [4.78, 5) is 4.54. The molecule has 142 valence electrons. The van der Waals surface area contributed by atoms with Gasteiger partial charge >= 0.3 is 0 Å². The zero-order valence-corrected chi connectivity index (χ0v) is 16.6. The minimum absolute atomic E-state index is 0.0662. The smallest absolute Gasteiger partial charge is 0.242 e. The summed E-state index contributed by atoms with van der Waals surface area (Å²) in [5.74, 6) is 0.828. The highest BCUT2D eigenvalue weighted by molar-refractivity contribution is 7.90. The van der Waals surface area contributed by atoms with Gasteiger partial charge in [0.15, 0.2) is 9.84 Å². The van der Waals surface area contributed by atoms with Gasteiger partial charge in [0.05, 0.1) is 11.5 Å². The highest BCUT2D eigenvalue weighted by Crippen LogP contribution is 2.25. The highest BCUT2D eigenvalue weighted by atomic mass is 32.2. The fourth-order valence-corrected chi connectivity index (χ4v) is 4.31. The lowest BCUT2D eigenvalue weighted by Gasteiger charge is -2.09. The van der Waals surface area contributed by atoms with E-state index in [0.717, 1.165) is 22.4 Å². The van der Waals surface area contributed by atoms with Crippen LogP contribution in [0.15, 0.2) is 45.8 Å². The van der Waals surface area contributed by atoms with E-state index in [1.165, 1.54) is 0 Å². The van der Waals surface area contributed by atoms with E-state index in [2.05, 4.69) is 10.1 Å². The lowest BCUT2D eigenvalue weighted by molar-refractivity contribution is 0.340. The van der Waals surface area contributed by atoms with E-state index in [0.29, 0.717) is 22.9 Å². The summed E-state index contributed by atoms with van der Waals surface area (Å²) in [5, 5.41) is 3.90. The van der Waals surface area contributed by atoms with Crippen molar-refractivity contribution < 1.29 is 17.7 Å². The van der Waals surface area contributed by atoms with Gasteiger partial charge in [-0.05, 0) is 74.7 Å². The van der Waals surface area contributed by atoms with Gasteiger partial charge in [0.2, 0.25) is 11.7 Å². The summed E-state index contributed by atoms with van der Waals surface area (Å²) in [6, 6.07) is 10.8. The van der Waals surface area contributed by atoms with Crippen LogP contribution in [0.25, 0.3) is 11.4 Å². The van der Waals surface area contributed by atoms with Crippen molar-refractivity contribution >= 4 is 9.84 Å². The van der Waals surface area contributed by atoms with Crippen molar-refractivity contribution in [3.8, 4) is 17.1 Å². The molecule has 6 nitrogen and oxygen atoms in total. The summed E-state index contributed by atoms with van der Waals surface area (Å²) in [7, 11) is -3.58. The Morgan fingerprint density at radius 1 is 1.00 bits per heavy atom. The predicted molar refractivity (Wildman–Crippen MR) is 102 cm³/mol. The van der Waals surface area contributed by atoms with Crippen molar-refractivity contribution in [3.05, 3.63) is 59.0 Å². The molecular formula is C20H22N2O4S. The topological polar surface area (TPSA) is 82.3 Å². The molecule has 0 amide bonds. The fraction of sp³-hybridized carbons (Fsp3) is 0.300. The molecule has 0 fully saturated rings. The predicted octanol–water partition coefficient (Wildman–Crippen LogP) is 4.03. The van der Waals surface area contributed by atoms with Gasteiger partial charge < -0.3 is 9.26 Å². The van der Waals surface area contributed by atoms with Crippen LogP contribution >= 0.6 is 0 Å². The Kier molecular flexibility index (Phi) is 5.32. The second kappa shape index (κ2) is 7.52. The standard InChI is InChI=1S/C20H22N2O4S/c1-5-25-17-8-6-16(7-9-17)20-21-19(26-22-20)12-27(23,24)18-11-14(3)13(2)10-15(18)4/h6-11H,5,12H2,1-4H3. The minimum Gasteiger partial charge on any atom is -0.494 e. The largest absolute Gasteiger partial charge is 0.494 e. The van der Waals surface area contributed by atoms with Gasteiger partial charge in [0.1, 0.15) is 11.5 Å². The third-order valence-corrected chi connectivity index (χ3v) is 6.07. The first-order valence-corrected chi connectivity index (χ1v) is 10.3. The zero-order chi connectivity index (χ0) is 19.6. The Bertz CT molecular complexity index is 1050. The van der Waals surface area contributed by atoms with Crippen LogP contribution in [0.3, 0.4) is 0 Å². The van der Waals surface area contributed by atoms with Crippen LogP contribution in [0.2, 0.25) is 0 Å². The third kappa shape index (κ3) is 4.19. The monoisotopic (exact) mass is 386 g/mol. The highest BCUT2D eigenvalue weighted by Gasteiger charge is 2.22. The Labute approximate surface area is 159 Å². The Morgan fingerprint density at radius 2 is 1.67 bits per heavy atom. The molecule has 0 spiro atoms. The summed E-state index contributed by atoms with van der Waals surface area (Å²) in [6.45, 7) is 8.14. The molecule has 0 saturated carbocycles. The lowest BCUT2D eigenvalue weighted by atomic mass is 10.1. The number of hydrogen-bond donors (Lipinski definition) is 0. The van der Waals surface area contributed by atoms with Crippen LogP contribution in [0.5, 0.6) is 5.75 Å². The Hall–Kier alpha value is -2.67. The maximum Gasteiger partial charge on any atom is 0.242 e. The van der Waals surface area contributed by atoms with Crippen molar-refractivity contribution in [2.45, 2.75) is 38.3 Å². The van der Waals surface area contributed by atoms with Crippen molar-refractivity contribution in [1.29, 1.82) is 0 Å². The number of aryl methyl sites for hydroxylation is 3. The first kappa shape index (κ1) is 19.1. The van der Waals surface area contributed by atoms with Crippen molar-refractivity contribution in [2.75, 3.05) is 6.61 Å². The molecule has 3 rings (SSSR count). The second-order valence-electron chi connectivity index (χ2n) is 6.43. The molecule has 3 aromatic rings. The molecule has 0 aliphatic rings. The van der Waals surface area contributed by atoms with Crippen LogP contribution in [0, 0.1) is 20.8 Å². The number of ether oxygens (including phenoxy) is 1. The van der Waals surface area contributed by atoms with Gasteiger partial charge in [-0.1, -0.05) is 11.2 Å². The summed E-state index contributed by atoms with van der Waals surface area (Å²) < 4.78 is 36.2. The number of hydrogen-bond acceptors (Lipinski definition) is 6. The molecule has 2 aromatic carbocycles. The maximum atomic E-state index is 12.8. The van der Waals surface area contributed by atoms with E-state index in [-0.39, 0.29) is 11.6 Å². The van der Waals surface area contributed by atoms with E-state index in [1.54, 1.807) is 13.0 Å². The maximum absolute atomic E-state index is 12.8. The lowest BCUT2D eigenvalue weighted by Crippen LogP contribution is -2.08. The van der Waals surface area contributed by atoms with Gasteiger partial charge in [0, 0.05) is 5.56 Å². The van der Waals surface area contributed by atoms with E-state index in [9.17, 15) is 8.42 Å². The number of sulfone groups is 1. The summed E-state index contributed by atoms with van der Waals surface area (Å²) >= 11 is 0. The van der Waals surface area contributed by atoms with Crippen LogP contribution in [0.4, 0.5) is 0 Å². The molecule has 0 atom stereocenters. The zero-order valence-electron chi connectivity index (χ0n) is 15.8. The van der Waals surface area contributed by atoms with Gasteiger partial charge in [-0.15, -0.1) is 0 Å². The molecule has 1 heterocycles. The van der Waals surface area contributed by atoms with Gasteiger partial charge in [-0.2, -0.15) is 4.98 Å². The minimum atomic E-state index is -3.58. The van der Waals surface area contributed by atoms with Crippen LogP contribution < -0.4 is 4.74 Å².